The molecule has 3 heterocycles. The molecule has 3 aromatic rings. The highest BCUT2D eigenvalue weighted by molar-refractivity contribution is 5.94. The van der Waals surface area contributed by atoms with Crippen LogP contribution in [0.5, 0.6) is 0 Å². The van der Waals surface area contributed by atoms with Crippen molar-refractivity contribution in [2.45, 2.75) is 51.7 Å². The van der Waals surface area contributed by atoms with Gasteiger partial charge in [0, 0.05) is 25.4 Å². The number of nitrogens with one attached hydrogen (secondary N) is 1. The van der Waals surface area contributed by atoms with Crippen LogP contribution in [0.25, 0.3) is 16.7 Å². The van der Waals surface area contributed by atoms with E-state index in [2.05, 4.69) is 10.3 Å². The molecule has 1 aromatic carbocycles. The minimum Gasteiger partial charge on any atom is -0.462 e. The van der Waals surface area contributed by atoms with Crippen LogP contribution >= 0.6 is 0 Å². The SMILES string of the molecule is CCOC(=O)c1cn(-c2ccc(F)cc2F)c2nc(N3CCC4CC4(NC(=O)OC(C)(C)C)C3)c(F)cc2c1=O. The second kappa shape index (κ2) is 9.83. The maximum atomic E-state index is 15.6. The van der Waals surface area contributed by atoms with E-state index >= 15 is 4.39 Å². The molecule has 1 saturated carbocycles. The number of esters is 1. The summed E-state index contributed by atoms with van der Waals surface area (Å²) in [7, 11) is 0. The number of rotatable bonds is 5. The number of hydrogen-bond donors (Lipinski definition) is 1. The number of aromatic nitrogens is 2. The third-order valence-electron chi connectivity index (χ3n) is 7.08. The molecular formula is C28H29F3N4O5. The number of halogens is 3. The zero-order valence-corrected chi connectivity index (χ0v) is 22.5. The van der Waals surface area contributed by atoms with E-state index in [-0.39, 0.29) is 41.6 Å². The van der Waals surface area contributed by atoms with E-state index in [0.717, 1.165) is 29.0 Å². The van der Waals surface area contributed by atoms with Gasteiger partial charge in [-0.3, -0.25) is 9.36 Å². The van der Waals surface area contributed by atoms with Gasteiger partial charge in [0.1, 0.15) is 22.8 Å². The smallest absolute Gasteiger partial charge is 0.408 e. The van der Waals surface area contributed by atoms with Crippen LogP contribution in [0.3, 0.4) is 0 Å². The van der Waals surface area contributed by atoms with Crippen LogP contribution in [0.1, 0.15) is 50.9 Å². The minimum atomic E-state index is -0.980. The zero-order valence-electron chi connectivity index (χ0n) is 22.5. The molecule has 212 valence electrons. The van der Waals surface area contributed by atoms with Crippen molar-refractivity contribution in [1.29, 1.82) is 0 Å². The van der Waals surface area contributed by atoms with Crippen molar-refractivity contribution < 1.29 is 32.2 Å². The number of alkyl carbamates (subject to hydrolysis) is 1. The fraction of sp³-hybridized carbons (Fsp3) is 0.429. The molecule has 0 radical (unpaired) electrons. The standard InChI is InChI=1S/C28H29F3N4O5/c1-5-39-25(37)18-13-35(21-7-6-16(29)10-19(21)30)23-17(22(18)36)11-20(31)24(32-23)34-9-8-15-12-28(15,14-34)33-26(38)40-27(2,3)4/h6-7,10-11,13,15H,5,8-9,12,14H2,1-4H3,(H,33,38). The van der Waals surface area contributed by atoms with Crippen LogP contribution < -0.4 is 15.6 Å². The number of hydrogen-bond acceptors (Lipinski definition) is 7. The van der Waals surface area contributed by atoms with E-state index in [1.165, 1.54) is 0 Å². The predicted octanol–water partition coefficient (Wildman–Crippen LogP) is 4.47. The summed E-state index contributed by atoms with van der Waals surface area (Å²) >= 11 is 0. The van der Waals surface area contributed by atoms with Gasteiger partial charge in [0.05, 0.1) is 23.2 Å². The van der Waals surface area contributed by atoms with Gasteiger partial charge in [-0.05, 0) is 64.7 Å². The molecule has 2 unspecified atom stereocenters. The van der Waals surface area contributed by atoms with Gasteiger partial charge in [0.15, 0.2) is 17.3 Å². The summed E-state index contributed by atoms with van der Waals surface area (Å²) in [4.78, 5) is 44.3. The van der Waals surface area contributed by atoms with E-state index in [0.29, 0.717) is 25.5 Å². The number of carbonyl (C=O) groups excluding carboxylic acids is 2. The number of benzene rings is 1. The molecule has 5 rings (SSSR count). The lowest BCUT2D eigenvalue weighted by atomic mass is 10.1. The zero-order chi connectivity index (χ0) is 29.0. The van der Waals surface area contributed by atoms with Gasteiger partial charge in [-0.1, -0.05) is 0 Å². The Morgan fingerprint density at radius 2 is 1.93 bits per heavy atom. The van der Waals surface area contributed by atoms with E-state index < -0.39 is 51.6 Å². The number of pyridine rings is 2. The quantitative estimate of drug-likeness (QED) is 0.461. The topological polar surface area (TPSA) is 103 Å². The maximum Gasteiger partial charge on any atom is 0.408 e. The van der Waals surface area contributed by atoms with Crippen molar-refractivity contribution in [3.8, 4) is 5.69 Å². The van der Waals surface area contributed by atoms with Gasteiger partial charge in [-0.25, -0.2) is 27.7 Å². The number of amides is 1. The normalized spacial score (nSPS) is 20.2. The van der Waals surface area contributed by atoms with Crippen molar-refractivity contribution in [2.75, 3.05) is 24.6 Å². The highest BCUT2D eigenvalue weighted by Crippen LogP contribution is 2.50. The molecule has 2 aliphatic rings. The largest absolute Gasteiger partial charge is 0.462 e. The summed E-state index contributed by atoms with van der Waals surface area (Å²) in [5, 5.41) is 2.65. The molecular weight excluding hydrogens is 529 g/mol. The van der Waals surface area contributed by atoms with Crippen molar-refractivity contribution in [3.05, 3.63) is 63.7 Å². The van der Waals surface area contributed by atoms with Gasteiger partial charge in [-0.2, -0.15) is 0 Å². The lowest BCUT2D eigenvalue weighted by molar-refractivity contribution is 0.0486. The fourth-order valence-electron chi connectivity index (χ4n) is 5.22. The van der Waals surface area contributed by atoms with Gasteiger partial charge in [0.2, 0.25) is 5.43 Å². The number of fused-ring (bicyclic) bond motifs is 2. The lowest BCUT2D eigenvalue weighted by Gasteiger charge is -2.34. The van der Waals surface area contributed by atoms with Gasteiger partial charge in [-0.15, -0.1) is 0 Å². The molecule has 2 fully saturated rings. The van der Waals surface area contributed by atoms with E-state index in [9.17, 15) is 23.2 Å². The van der Waals surface area contributed by atoms with Gasteiger partial charge < -0.3 is 19.7 Å². The van der Waals surface area contributed by atoms with Crippen LogP contribution in [0.15, 0.2) is 35.3 Å². The molecule has 2 aromatic heterocycles. The molecule has 12 heteroatoms. The lowest BCUT2D eigenvalue weighted by Crippen LogP contribution is -2.52. The number of nitrogens with zero attached hydrogens (tertiary/aromatic N) is 3. The third kappa shape index (κ3) is 5.09. The Balaban J connectivity index is 1.59. The summed E-state index contributed by atoms with van der Waals surface area (Å²) in [5.41, 5.74) is -2.94. The molecule has 1 N–H and O–H groups in total. The summed E-state index contributed by atoms with van der Waals surface area (Å²) < 4.78 is 55.6. The Kier molecular flexibility index (Phi) is 6.75. The van der Waals surface area contributed by atoms with Crippen LogP contribution in [-0.2, 0) is 9.47 Å². The Bertz CT molecular complexity index is 1580. The average molecular weight is 559 g/mol. The van der Waals surface area contributed by atoms with Crippen LogP contribution in [0.2, 0.25) is 0 Å². The monoisotopic (exact) mass is 558 g/mol. The molecule has 0 bridgehead atoms. The molecule has 9 nitrogen and oxygen atoms in total. The highest BCUT2D eigenvalue weighted by atomic mass is 19.1. The number of anilines is 1. The summed E-state index contributed by atoms with van der Waals surface area (Å²) in [6.45, 7) is 7.46. The van der Waals surface area contributed by atoms with E-state index in [4.69, 9.17) is 9.47 Å². The first-order valence-corrected chi connectivity index (χ1v) is 13.0. The first-order chi connectivity index (χ1) is 18.8. The Morgan fingerprint density at radius 1 is 1.18 bits per heavy atom. The van der Waals surface area contributed by atoms with E-state index in [1.54, 1.807) is 32.6 Å². The molecule has 40 heavy (non-hydrogen) atoms. The summed E-state index contributed by atoms with van der Waals surface area (Å²) in [6, 6.07) is 3.75. The molecule has 1 aliphatic carbocycles. The second-order valence-electron chi connectivity index (χ2n) is 11.1. The second-order valence-corrected chi connectivity index (χ2v) is 11.1. The molecule has 0 spiro atoms. The summed E-state index contributed by atoms with van der Waals surface area (Å²) in [6.07, 6.45) is 1.82. The van der Waals surface area contributed by atoms with E-state index in [1.807, 2.05) is 0 Å². The van der Waals surface area contributed by atoms with Crippen molar-refractivity contribution >= 4 is 28.9 Å². The molecule has 1 aliphatic heterocycles. The Morgan fingerprint density at radius 3 is 2.60 bits per heavy atom. The third-order valence-corrected chi connectivity index (χ3v) is 7.08. The number of piperidine rings is 1. The van der Waals surface area contributed by atoms with Crippen molar-refractivity contribution in [2.24, 2.45) is 5.92 Å². The van der Waals surface area contributed by atoms with Gasteiger partial charge in [0.25, 0.3) is 0 Å². The maximum absolute atomic E-state index is 15.6. The first-order valence-electron chi connectivity index (χ1n) is 13.0. The Labute approximate surface area is 227 Å². The fourth-order valence-corrected chi connectivity index (χ4v) is 5.22. The average Bonchev–Trinajstić information content (AvgIpc) is 3.56. The predicted molar refractivity (Wildman–Crippen MR) is 140 cm³/mol. The molecule has 1 saturated heterocycles. The summed E-state index contributed by atoms with van der Waals surface area (Å²) in [5.74, 6) is -3.52. The van der Waals surface area contributed by atoms with Crippen LogP contribution in [0.4, 0.5) is 23.8 Å². The Hall–Kier alpha value is -4.09. The molecule has 1 amide bonds. The van der Waals surface area contributed by atoms with Crippen molar-refractivity contribution in [1.82, 2.24) is 14.9 Å². The minimum absolute atomic E-state index is 0.0260. The highest BCUT2D eigenvalue weighted by Gasteiger charge is 2.58. The van der Waals surface area contributed by atoms with Crippen molar-refractivity contribution in [3.63, 3.8) is 0 Å². The van der Waals surface area contributed by atoms with Crippen LogP contribution in [-0.4, -0.2) is 52.4 Å². The number of ether oxygens (including phenoxy) is 2. The molecule has 2 atom stereocenters. The first kappa shape index (κ1) is 27.5. The number of carbonyl (C=O) groups is 2. The van der Waals surface area contributed by atoms with Gasteiger partial charge >= 0.3 is 12.1 Å². The van der Waals surface area contributed by atoms with Crippen LogP contribution in [0, 0.1) is 23.4 Å².